The predicted molar refractivity (Wildman–Crippen MR) is 122 cm³/mol. The van der Waals surface area contributed by atoms with Gasteiger partial charge in [0.25, 0.3) is 5.91 Å². The van der Waals surface area contributed by atoms with Crippen LogP contribution < -0.4 is 10.6 Å². The fourth-order valence-corrected chi connectivity index (χ4v) is 3.17. The monoisotopic (exact) mass is 404 g/mol. The number of carbonyl (C=O) groups is 1. The molecule has 0 unspecified atom stereocenters. The Morgan fingerprint density at radius 2 is 1.66 bits per heavy atom. The van der Waals surface area contributed by atoms with Gasteiger partial charge in [-0.15, -0.1) is 0 Å². The molecule has 0 heterocycles. The highest BCUT2D eigenvalue weighted by Crippen LogP contribution is 2.29. The van der Waals surface area contributed by atoms with Crippen LogP contribution in [0.1, 0.15) is 42.1 Å². The average Bonchev–Trinajstić information content (AvgIpc) is 2.75. The lowest BCUT2D eigenvalue weighted by Crippen LogP contribution is -2.34. The molecule has 3 aromatic carbocycles. The highest BCUT2D eigenvalue weighted by atomic mass is 32.1. The van der Waals surface area contributed by atoms with Gasteiger partial charge in [-0.2, -0.15) is 0 Å². The first kappa shape index (κ1) is 20.6. The van der Waals surface area contributed by atoms with E-state index in [4.69, 9.17) is 12.2 Å². The molecule has 5 heteroatoms. The van der Waals surface area contributed by atoms with Crippen LogP contribution in [0.25, 0.3) is 11.1 Å². The predicted octanol–water partition coefficient (Wildman–Crippen LogP) is 5.70. The number of hydrogen-bond acceptors (Lipinski definition) is 3. The molecule has 148 valence electrons. The summed E-state index contributed by atoms with van der Waals surface area (Å²) in [7, 11) is 0. The van der Waals surface area contributed by atoms with E-state index in [2.05, 4.69) is 24.5 Å². The standard InChI is InChI=1S/C24H24N2O2S/c1-3-16(2)20-13-14-22(27)21(15-20)25-24(29)26-23(28)19-11-9-18(10-12-19)17-7-5-4-6-8-17/h4-16,27H,3H2,1-2H3,(H2,25,26,28,29)/t16-/m0/s1. The molecule has 0 aliphatic heterocycles. The summed E-state index contributed by atoms with van der Waals surface area (Å²) in [5, 5.41) is 15.8. The number of amides is 1. The van der Waals surface area contributed by atoms with Gasteiger partial charge in [0.05, 0.1) is 5.69 Å². The van der Waals surface area contributed by atoms with Crippen molar-refractivity contribution < 1.29 is 9.90 Å². The van der Waals surface area contributed by atoms with Gasteiger partial charge in [-0.1, -0.05) is 62.4 Å². The van der Waals surface area contributed by atoms with E-state index in [1.807, 2.05) is 54.6 Å². The van der Waals surface area contributed by atoms with E-state index in [0.717, 1.165) is 23.1 Å². The molecule has 0 aliphatic rings. The van der Waals surface area contributed by atoms with Crippen LogP contribution in [0.2, 0.25) is 0 Å². The van der Waals surface area contributed by atoms with E-state index in [0.29, 0.717) is 17.2 Å². The van der Waals surface area contributed by atoms with Crippen molar-refractivity contribution in [2.75, 3.05) is 5.32 Å². The average molecular weight is 405 g/mol. The van der Waals surface area contributed by atoms with Crippen molar-refractivity contribution in [3.8, 4) is 16.9 Å². The zero-order valence-corrected chi connectivity index (χ0v) is 17.3. The highest BCUT2D eigenvalue weighted by molar-refractivity contribution is 7.80. The van der Waals surface area contributed by atoms with Crippen molar-refractivity contribution in [3.05, 3.63) is 83.9 Å². The molecule has 4 nitrogen and oxygen atoms in total. The topological polar surface area (TPSA) is 61.4 Å². The Kier molecular flexibility index (Phi) is 6.62. The van der Waals surface area contributed by atoms with Crippen LogP contribution in [0.15, 0.2) is 72.8 Å². The number of carbonyl (C=O) groups excluding carboxylic acids is 1. The van der Waals surface area contributed by atoms with E-state index in [1.165, 1.54) is 0 Å². The number of hydrogen-bond donors (Lipinski definition) is 3. The van der Waals surface area contributed by atoms with Crippen molar-refractivity contribution >= 4 is 28.9 Å². The molecule has 1 atom stereocenters. The van der Waals surface area contributed by atoms with Crippen molar-refractivity contribution in [1.82, 2.24) is 5.32 Å². The normalized spacial score (nSPS) is 11.5. The van der Waals surface area contributed by atoms with E-state index in [-0.39, 0.29) is 16.8 Å². The minimum Gasteiger partial charge on any atom is -0.506 e. The highest BCUT2D eigenvalue weighted by Gasteiger charge is 2.12. The van der Waals surface area contributed by atoms with Gasteiger partial charge in [0.15, 0.2) is 5.11 Å². The molecule has 0 fully saturated rings. The van der Waals surface area contributed by atoms with Crippen molar-refractivity contribution in [2.24, 2.45) is 0 Å². The van der Waals surface area contributed by atoms with E-state index in [9.17, 15) is 9.90 Å². The quantitative estimate of drug-likeness (QED) is 0.377. The van der Waals surface area contributed by atoms with Crippen LogP contribution in [0.4, 0.5) is 5.69 Å². The fourth-order valence-electron chi connectivity index (χ4n) is 2.97. The van der Waals surface area contributed by atoms with Crippen LogP contribution in [-0.2, 0) is 0 Å². The van der Waals surface area contributed by atoms with Crippen molar-refractivity contribution in [1.29, 1.82) is 0 Å². The fraction of sp³-hybridized carbons (Fsp3) is 0.167. The maximum atomic E-state index is 12.5. The number of phenols is 1. The molecule has 3 N–H and O–H groups in total. The Morgan fingerprint density at radius 1 is 1.00 bits per heavy atom. The Labute approximate surface area is 176 Å². The minimum absolute atomic E-state index is 0.0841. The molecule has 0 aromatic heterocycles. The smallest absolute Gasteiger partial charge is 0.257 e. The zero-order valence-electron chi connectivity index (χ0n) is 16.5. The minimum atomic E-state index is -0.306. The zero-order chi connectivity index (χ0) is 20.8. The SMILES string of the molecule is CC[C@H](C)c1ccc(O)c(NC(=S)NC(=O)c2ccc(-c3ccccc3)cc2)c1. The summed E-state index contributed by atoms with van der Waals surface area (Å²) in [4.78, 5) is 12.5. The Bertz CT molecular complexity index is 1000. The molecule has 0 bridgehead atoms. The van der Waals surface area contributed by atoms with Crippen LogP contribution in [-0.4, -0.2) is 16.1 Å². The molecule has 3 aromatic rings. The first-order valence-electron chi connectivity index (χ1n) is 9.58. The first-order chi connectivity index (χ1) is 14.0. The Morgan fingerprint density at radius 3 is 2.31 bits per heavy atom. The maximum absolute atomic E-state index is 12.5. The molecule has 1 amide bonds. The number of thiocarbonyl (C=S) groups is 1. The number of benzene rings is 3. The molecular formula is C24H24N2O2S. The lowest BCUT2D eigenvalue weighted by molar-refractivity contribution is 0.0977. The molecule has 0 radical (unpaired) electrons. The van der Waals surface area contributed by atoms with Gasteiger partial charge in [-0.25, -0.2) is 0 Å². The van der Waals surface area contributed by atoms with Gasteiger partial charge in [0, 0.05) is 5.56 Å². The van der Waals surface area contributed by atoms with Crippen LogP contribution >= 0.6 is 12.2 Å². The van der Waals surface area contributed by atoms with Gasteiger partial charge in [0.1, 0.15) is 5.75 Å². The number of rotatable bonds is 5. The van der Waals surface area contributed by atoms with Gasteiger partial charge in [-0.3, -0.25) is 10.1 Å². The molecule has 3 rings (SSSR count). The lowest BCUT2D eigenvalue weighted by Gasteiger charge is -2.15. The third-order valence-electron chi connectivity index (χ3n) is 4.93. The van der Waals surface area contributed by atoms with Crippen molar-refractivity contribution in [2.45, 2.75) is 26.2 Å². The van der Waals surface area contributed by atoms with Gasteiger partial charge < -0.3 is 10.4 Å². The molecule has 0 spiro atoms. The second kappa shape index (κ2) is 9.34. The van der Waals surface area contributed by atoms with Gasteiger partial charge in [0.2, 0.25) is 0 Å². The second-order valence-corrected chi connectivity index (χ2v) is 7.35. The molecule has 0 aliphatic carbocycles. The molecule has 0 saturated carbocycles. The van der Waals surface area contributed by atoms with E-state index < -0.39 is 0 Å². The number of anilines is 1. The lowest BCUT2D eigenvalue weighted by atomic mass is 9.98. The summed E-state index contributed by atoms with van der Waals surface area (Å²) >= 11 is 5.26. The van der Waals surface area contributed by atoms with Crippen LogP contribution in [0.5, 0.6) is 5.75 Å². The van der Waals surface area contributed by atoms with Crippen LogP contribution in [0, 0.1) is 0 Å². The largest absolute Gasteiger partial charge is 0.506 e. The second-order valence-electron chi connectivity index (χ2n) is 6.94. The summed E-state index contributed by atoms with van der Waals surface area (Å²) in [6, 6.07) is 22.7. The first-order valence-corrected chi connectivity index (χ1v) is 9.99. The third kappa shape index (κ3) is 5.21. The number of phenolic OH excluding ortho intramolecular Hbond substituents is 1. The van der Waals surface area contributed by atoms with Gasteiger partial charge >= 0.3 is 0 Å². The number of nitrogens with one attached hydrogen (secondary N) is 2. The van der Waals surface area contributed by atoms with Crippen LogP contribution in [0.3, 0.4) is 0 Å². The molecular weight excluding hydrogens is 380 g/mol. The molecule has 29 heavy (non-hydrogen) atoms. The number of aromatic hydroxyl groups is 1. The summed E-state index contributed by atoms with van der Waals surface area (Å²) in [5.41, 5.74) is 4.21. The van der Waals surface area contributed by atoms with E-state index >= 15 is 0 Å². The third-order valence-corrected chi connectivity index (χ3v) is 5.14. The Balaban J connectivity index is 1.66. The Hall–Kier alpha value is -3.18. The maximum Gasteiger partial charge on any atom is 0.257 e. The summed E-state index contributed by atoms with van der Waals surface area (Å²) in [5.74, 6) is 0.142. The summed E-state index contributed by atoms with van der Waals surface area (Å²) < 4.78 is 0. The van der Waals surface area contributed by atoms with E-state index in [1.54, 1.807) is 18.2 Å². The summed E-state index contributed by atoms with van der Waals surface area (Å²) in [6.45, 7) is 4.23. The summed E-state index contributed by atoms with van der Waals surface area (Å²) in [6.07, 6.45) is 0.990. The van der Waals surface area contributed by atoms with Crippen molar-refractivity contribution in [3.63, 3.8) is 0 Å². The molecule has 0 saturated heterocycles. The van der Waals surface area contributed by atoms with Gasteiger partial charge in [-0.05, 0) is 65.5 Å².